The molecule has 0 fully saturated rings. The first-order valence-corrected chi connectivity index (χ1v) is 11.8. The molecule has 0 aliphatic heterocycles. The van der Waals surface area contributed by atoms with Gasteiger partial charge >= 0.3 is 0 Å². The Bertz CT molecular complexity index is 1370. The monoisotopic (exact) mass is 448 g/mol. The molecule has 0 radical (unpaired) electrons. The molecule has 1 atom stereocenters. The number of nitrogens with one attached hydrogen (secondary N) is 1. The molecule has 0 aliphatic carbocycles. The Morgan fingerprint density at radius 3 is 2.77 bits per heavy atom. The number of thioether (sulfide) groups is 1. The van der Waals surface area contributed by atoms with Gasteiger partial charge in [0, 0.05) is 34.0 Å². The van der Waals surface area contributed by atoms with E-state index in [-0.39, 0.29) is 11.2 Å². The largest absolute Gasteiger partial charge is 0.410 e. The average molecular weight is 449 g/mol. The zero-order valence-corrected chi connectivity index (χ0v) is 18.7. The summed E-state index contributed by atoms with van der Waals surface area (Å²) >= 11 is 2.79. The molecule has 0 aliphatic rings. The quantitative estimate of drug-likeness (QED) is 0.320. The summed E-state index contributed by atoms with van der Waals surface area (Å²) in [5, 5.41) is 15.4. The fraction of sp³-hybridized carbons (Fsp3) is 0.174. The molecule has 5 aromatic rings. The van der Waals surface area contributed by atoms with Crippen molar-refractivity contribution in [2.45, 2.75) is 30.9 Å². The minimum atomic E-state index is -0.385. The molecule has 5 rings (SSSR count). The van der Waals surface area contributed by atoms with Crippen LogP contribution in [-0.2, 0) is 11.3 Å². The number of carbonyl (C=O) groups excluding carboxylic acids is 1. The number of carbonyl (C=O) groups is 1. The van der Waals surface area contributed by atoms with E-state index in [0.29, 0.717) is 11.1 Å². The minimum absolute atomic E-state index is 0.112. The Morgan fingerprint density at radius 2 is 1.97 bits per heavy atom. The van der Waals surface area contributed by atoms with Crippen LogP contribution in [0.15, 0.2) is 69.6 Å². The molecule has 156 valence electrons. The van der Waals surface area contributed by atoms with Gasteiger partial charge in [0.25, 0.3) is 11.1 Å². The highest BCUT2D eigenvalue weighted by Crippen LogP contribution is 2.32. The molecule has 0 saturated heterocycles. The molecular formula is C23H20N4O2S2. The number of anilines is 1. The standard InChI is InChI=1S/C23H20N4O2S2/c1-3-27-18-8-5-4-7-16(18)17-13-15(10-11-19(17)27)24-21(28)14(2)31-23-26-25-22(29-23)20-9-6-12-30-20/h4-14H,3H2,1-2H3,(H,24,28). The summed E-state index contributed by atoms with van der Waals surface area (Å²) in [7, 11) is 0. The van der Waals surface area contributed by atoms with Crippen LogP contribution in [0.4, 0.5) is 5.69 Å². The van der Waals surface area contributed by atoms with Crippen molar-refractivity contribution in [2.75, 3.05) is 5.32 Å². The molecule has 0 saturated carbocycles. The van der Waals surface area contributed by atoms with Gasteiger partial charge in [-0.15, -0.1) is 21.5 Å². The first-order chi connectivity index (χ1) is 15.1. The number of hydrogen-bond acceptors (Lipinski definition) is 6. The molecule has 3 heterocycles. The third kappa shape index (κ3) is 3.73. The highest BCUT2D eigenvalue weighted by Gasteiger charge is 2.20. The van der Waals surface area contributed by atoms with E-state index in [2.05, 4.69) is 51.3 Å². The molecule has 2 aromatic carbocycles. The van der Waals surface area contributed by atoms with Crippen LogP contribution in [0.5, 0.6) is 0 Å². The predicted molar refractivity (Wildman–Crippen MR) is 127 cm³/mol. The number of thiophene rings is 1. The molecule has 3 aromatic heterocycles. The second-order valence-corrected chi connectivity index (χ2v) is 9.33. The van der Waals surface area contributed by atoms with Gasteiger partial charge in [0.05, 0.1) is 10.1 Å². The van der Waals surface area contributed by atoms with Gasteiger partial charge < -0.3 is 14.3 Å². The topological polar surface area (TPSA) is 73.0 Å². The summed E-state index contributed by atoms with van der Waals surface area (Å²) in [6.07, 6.45) is 0. The van der Waals surface area contributed by atoms with Crippen molar-refractivity contribution in [1.82, 2.24) is 14.8 Å². The van der Waals surface area contributed by atoms with Crippen molar-refractivity contribution in [3.05, 3.63) is 60.0 Å². The van der Waals surface area contributed by atoms with Crippen molar-refractivity contribution < 1.29 is 9.21 Å². The maximum atomic E-state index is 12.8. The van der Waals surface area contributed by atoms with E-state index in [1.165, 1.54) is 34.0 Å². The molecule has 1 N–H and O–H groups in total. The summed E-state index contributed by atoms with van der Waals surface area (Å²) in [5.74, 6) is 0.363. The summed E-state index contributed by atoms with van der Waals surface area (Å²) in [5.41, 5.74) is 3.13. The third-order valence-electron chi connectivity index (χ3n) is 5.14. The van der Waals surface area contributed by atoms with Crippen LogP contribution < -0.4 is 5.32 Å². The molecule has 6 nitrogen and oxygen atoms in total. The van der Waals surface area contributed by atoms with Gasteiger partial charge in [-0.2, -0.15) is 0 Å². The number of amides is 1. The molecule has 0 bridgehead atoms. The van der Waals surface area contributed by atoms with Crippen molar-refractivity contribution in [3.8, 4) is 10.8 Å². The van der Waals surface area contributed by atoms with E-state index in [1.54, 1.807) is 0 Å². The lowest BCUT2D eigenvalue weighted by Gasteiger charge is -2.10. The van der Waals surface area contributed by atoms with Crippen LogP contribution in [0.3, 0.4) is 0 Å². The Balaban J connectivity index is 1.34. The van der Waals surface area contributed by atoms with E-state index in [4.69, 9.17) is 4.42 Å². The lowest BCUT2D eigenvalue weighted by molar-refractivity contribution is -0.115. The van der Waals surface area contributed by atoms with E-state index in [0.717, 1.165) is 28.0 Å². The van der Waals surface area contributed by atoms with E-state index < -0.39 is 0 Å². The van der Waals surface area contributed by atoms with Gasteiger partial charge in [0.2, 0.25) is 5.91 Å². The van der Waals surface area contributed by atoms with Crippen LogP contribution in [0.1, 0.15) is 13.8 Å². The highest BCUT2D eigenvalue weighted by atomic mass is 32.2. The highest BCUT2D eigenvalue weighted by molar-refractivity contribution is 8.00. The summed E-state index contributed by atoms with van der Waals surface area (Å²) in [6.45, 7) is 4.86. The number of nitrogens with zero attached hydrogens (tertiary/aromatic N) is 3. The van der Waals surface area contributed by atoms with Crippen LogP contribution in [-0.4, -0.2) is 25.9 Å². The van der Waals surface area contributed by atoms with Crippen LogP contribution in [0.2, 0.25) is 0 Å². The van der Waals surface area contributed by atoms with Crippen LogP contribution >= 0.6 is 23.1 Å². The fourth-order valence-electron chi connectivity index (χ4n) is 3.68. The number of benzene rings is 2. The Kier molecular flexibility index (Phi) is 5.25. The SMILES string of the molecule is CCn1c2ccccc2c2cc(NC(=O)C(C)Sc3nnc(-c4cccs4)o3)ccc21. The Labute approximate surface area is 187 Å². The van der Waals surface area contributed by atoms with E-state index in [1.807, 2.05) is 42.6 Å². The van der Waals surface area contributed by atoms with Gasteiger partial charge in [0.15, 0.2) is 0 Å². The number of fused-ring (bicyclic) bond motifs is 3. The number of rotatable bonds is 6. The predicted octanol–water partition coefficient (Wildman–Crippen LogP) is 6.05. The molecule has 31 heavy (non-hydrogen) atoms. The number of aryl methyl sites for hydroxylation is 1. The lowest BCUT2D eigenvalue weighted by atomic mass is 10.1. The van der Waals surface area contributed by atoms with E-state index >= 15 is 0 Å². The number of para-hydroxylation sites is 1. The van der Waals surface area contributed by atoms with Crippen LogP contribution in [0.25, 0.3) is 32.6 Å². The number of hydrogen-bond donors (Lipinski definition) is 1. The van der Waals surface area contributed by atoms with Crippen molar-refractivity contribution in [2.24, 2.45) is 0 Å². The Hall–Kier alpha value is -3.10. The Morgan fingerprint density at radius 1 is 1.13 bits per heavy atom. The molecular weight excluding hydrogens is 428 g/mol. The molecule has 1 unspecified atom stereocenters. The second kappa shape index (κ2) is 8.20. The van der Waals surface area contributed by atoms with Gasteiger partial charge in [-0.1, -0.05) is 36.0 Å². The molecule has 8 heteroatoms. The average Bonchev–Trinajstić information content (AvgIpc) is 3.52. The maximum Gasteiger partial charge on any atom is 0.277 e. The van der Waals surface area contributed by atoms with Crippen molar-refractivity contribution in [1.29, 1.82) is 0 Å². The molecule has 0 spiro atoms. The normalized spacial score (nSPS) is 12.5. The summed E-state index contributed by atoms with van der Waals surface area (Å²) in [6, 6.07) is 18.3. The van der Waals surface area contributed by atoms with Crippen molar-refractivity contribution >= 4 is 56.5 Å². The first kappa shape index (κ1) is 19.8. The lowest BCUT2D eigenvalue weighted by Crippen LogP contribution is -2.22. The zero-order valence-electron chi connectivity index (χ0n) is 17.0. The summed E-state index contributed by atoms with van der Waals surface area (Å²) < 4.78 is 7.98. The van der Waals surface area contributed by atoms with Gasteiger partial charge in [-0.3, -0.25) is 4.79 Å². The fourth-order valence-corrected chi connectivity index (χ4v) is 5.01. The number of aromatic nitrogens is 3. The van der Waals surface area contributed by atoms with Crippen molar-refractivity contribution in [3.63, 3.8) is 0 Å². The third-order valence-corrected chi connectivity index (χ3v) is 6.93. The van der Waals surface area contributed by atoms with Gasteiger partial charge in [0.1, 0.15) is 0 Å². The van der Waals surface area contributed by atoms with Crippen LogP contribution in [0, 0.1) is 0 Å². The minimum Gasteiger partial charge on any atom is -0.410 e. The smallest absolute Gasteiger partial charge is 0.277 e. The maximum absolute atomic E-state index is 12.8. The van der Waals surface area contributed by atoms with Gasteiger partial charge in [-0.05, 0) is 49.6 Å². The van der Waals surface area contributed by atoms with E-state index in [9.17, 15) is 4.79 Å². The second-order valence-electron chi connectivity index (χ2n) is 7.09. The van der Waals surface area contributed by atoms with Gasteiger partial charge in [-0.25, -0.2) is 0 Å². The summed E-state index contributed by atoms with van der Waals surface area (Å²) in [4.78, 5) is 13.7. The zero-order chi connectivity index (χ0) is 21.4. The molecule has 1 amide bonds. The first-order valence-electron chi connectivity index (χ1n) is 10.00.